The van der Waals surface area contributed by atoms with E-state index in [-0.39, 0.29) is 27.9 Å². The van der Waals surface area contributed by atoms with Crippen LogP contribution in [0.15, 0.2) is 83.6 Å². The van der Waals surface area contributed by atoms with Gasteiger partial charge in [0, 0.05) is 40.8 Å². The molecule has 0 fully saturated rings. The maximum absolute atomic E-state index is 12.8. The molecule has 0 radical (unpaired) electrons. The number of rotatable bonds is 4. The minimum absolute atomic E-state index is 0.0315. The monoisotopic (exact) mass is 465 g/mol. The molecule has 1 aromatic heterocycles. The van der Waals surface area contributed by atoms with Gasteiger partial charge in [0.1, 0.15) is 16.4 Å². The molecule has 32 heavy (non-hydrogen) atoms. The van der Waals surface area contributed by atoms with E-state index in [9.17, 15) is 13.2 Å². The first-order valence-electron chi connectivity index (χ1n) is 9.64. The lowest BCUT2D eigenvalue weighted by atomic mass is 10.1. The molecule has 0 amide bonds. The van der Waals surface area contributed by atoms with Crippen LogP contribution >= 0.6 is 11.6 Å². The molecular weight excluding hydrogens is 450 g/mol. The van der Waals surface area contributed by atoms with E-state index in [0.29, 0.717) is 10.6 Å². The van der Waals surface area contributed by atoms with Crippen molar-refractivity contribution in [3.05, 3.63) is 94.8 Å². The predicted octanol–water partition coefficient (Wildman–Crippen LogP) is 5.22. The summed E-state index contributed by atoms with van der Waals surface area (Å²) < 4.78 is 38.0. The Morgan fingerprint density at radius 1 is 1.03 bits per heavy atom. The Kier molecular flexibility index (Phi) is 4.80. The molecule has 2 heterocycles. The number of benzene rings is 3. The van der Waals surface area contributed by atoms with Crippen LogP contribution in [-0.4, -0.2) is 18.8 Å². The van der Waals surface area contributed by atoms with E-state index in [1.165, 1.54) is 42.5 Å². The molecule has 0 atom stereocenters. The Labute approximate surface area is 189 Å². The van der Waals surface area contributed by atoms with E-state index in [2.05, 4.69) is 0 Å². The Morgan fingerprint density at radius 3 is 2.56 bits per heavy atom. The number of ketones is 1. The Balaban J connectivity index is 1.44. The Hall–Kier alpha value is -3.55. The van der Waals surface area contributed by atoms with E-state index in [4.69, 9.17) is 20.5 Å². The Bertz CT molecular complexity index is 1520. The molecule has 0 bridgehead atoms. The van der Waals surface area contributed by atoms with E-state index in [1.807, 2.05) is 42.1 Å². The normalized spacial score (nSPS) is 14.6. The van der Waals surface area contributed by atoms with Crippen molar-refractivity contribution in [2.75, 3.05) is 0 Å². The van der Waals surface area contributed by atoms with Crippen LogP contribution < -0.4 is 8.92 Å². The third-order valence-corrected chi connectivity index (χ3v) is 6.68. The Morgan fingerprint density at radius 2 is 1.78 bits per heavy atom. The second kappa shape index (κ2) is 7.55. The van der Waals surface area contributed by atoms with Crippen molar-refractivity contribution in [2.24, 2.45) is 7.05 Å². The highest BCUT2D eigenvalue weighted by Gasteiger charge is 2.29. The molecule has 0 unspecified atom stereocenters. The van der Waals surface area contributed by atoms with E-state index in [0.717, 1.165) is 16.5 Å². The summed E-state index contributed by atoms with van der Waals surface area (Å²) in [4.78, 5) is 12.8. The largest absolute Gasteiger partial charge is 0.452 e. The van der Waals surface area contributed by atoms with Crippen LogP contribution in [0.5, 0.6) is 11.5 Å². The molecule has 4 aromatic rings. The summed E-state index contributed by atoms with van der Waals surface area (Å²) in [7, 11) is -2.13. The molecule has 0 aliphatic carbocycles. The van der Waals surface area contributed by atoms with Crippen LogP contribution in [0.25, 0.3) is 17.0 Å². The number of aryl methyl sites for hydroxylation is 1. The van der Waals surface area contributed by atoms with Gasteiger partial charge >= 0.3 is 10.1 Å². The average Bonchev–Trinajstić information content (AvgIpc) is 3.25. The SMILES string of the molecule is Cn1cc(C=C2Oc3cc(OS(=O)(=O)c4ccc(Cl)cc4)ccc3C2=O)c2ccccc21. The molecule has 160 valence electrons. The van der Waals surface area contributed by atoms with Gasteiger partial charge in [0.15, 0.2) is 5.76 Å². The molecule has 5 rings (SSSR count). The van der Waals surface area contributed by atoms with Crippen molar-refractivity contribution in [3.8, 4) is 11.5 Å². The van der Waals surface area contributed by atoms with Crippen molar-refractivity contribution < 1.29 is 22.1 Å². The van der Waals surface area contributed by atoms with Crippen molar-refractivity contribution in [1.29, 1.82) is 0 Å². The zero-order valence-electron chi connectivity index (χ0n) is 16.8. The van der Waals surface area contributed by atoms with E-state index < -0.39 is 10.1 Å². The topological polar surface area (TPSA) is 74.6 Å². The first kappa shape index (κ1) is 20.4. The number of carbonyl (C=O) groups excluding carboxylic acids is 1. The van der Waals surface area contributed by atoms with E-state index in [1.54, 1.807) is 6.08 Å². The van der Waals surface area contributed by atoms with Gasteiger partial charge in [-0.05, 0) is 48.5 Å². The molecule has 1 aliphatic rings. The number of aromatic nitrogens is 1. The molecule has 0 saturated carbocycles. The van der Waals surface area contributed by atoms with Crippen LogP contribution in [0.3, 0.4) is 0 Å². The number of ether oxygens (including phenoxy) is 1. The highest BCUT2D eigenvalue weighted by molar-refractivity contribution is 7.87. The maximum Gasteiger partial charge on any atom is 0.339 e. The molecule has 0 N–H and O–H groups in total. The van der Waals surface area contributed by atoms with Crippen molar-refractivity contribution in [1.82, 2.24) is 4.57 Å². The maximum atomic E-state index is 12.8. The van der Waals surface area contributed by atoms with Crippen LogP contribution in [0.4, 0.5) is 0 Å². The standard InChI is InChI=1S/C24H16ClNO5S/c1-26-14-15(19-4-2-3-5-21(19)26)12-23-24(27)20-11-8-17(13-22(20)30-23)31-32(28,29)18-9-6-16(25)7-10-18/h2-14H,1H3. The fourth-order valence-electron chi connectivity index (χ4n) is 3.62. The summed E-state index contributed by atoms with van der Waals surface area (Å²) >= 11 is 5.81. The summed E-state index contributed by atoms with van der Waals surface area (Å²) in [6.45, 7) is 0. The third-order valence-electron chi connectivity index (χ3n) is 5.16. The summed E-state index contributed by atoms with van der Waals surface area (Å²) in [5.41, 5.74) is 2.22. The van der Waals surface area contributed by atoms with Gasteiger partial charge in [0.2, 0.25) is 5.78 Å². The summed E-state index contributed by atoms with van der Waals surface area (Å²) in [5, 5.41) is 1.41. The number of carbonyl (C=O) groups is 1. The third kappa shape index (κ3) is 3.55. The lowest BCUT2D eigenvalue weighted by Gasteiger charge is -2.08. The highest BCUT2D eigenvalue weighted by atomic mass is 35.5. The molecule has 6 nitrogen and oxygen atoms in total. The lowest BCUT2D eigenvalue weighted by molar-refractivity contribution is 0.101. The molecular formula is C24H16ClNO5S. The number of allylic oxidation sites excluding steroid dienone is 1. The number of para-hydroxylation sites is 1. The van der Waals surface area contributed by atoms with Gasteiger partial charge in [-0.15, -0.1) is 0 Å². The average molecular weight is 466 g/mol. The number of Topliss-reactive ketones (excluding diaryl/α,β-unsaturated/α-hetero) is 1. The predicted molar refractivity (Wildman–Crippen MR) is 122 cm³/mol. The smallest absolute Gasteiger partial charge is 0.339 e. The second-order valence-electron chi connectivity index (χ2n) is 7.30. The molecule has 8 heteroatoms. The van der Waals surface area contributed by atoms with Gasteiger partial charge in [-0.25, -0.2) is 0 Å². The van der Waals surface area contributed by atoms with Gasteiger partial charge in [0.25, 0.3) is 0 Å². The van der Waals surface area contributed by atoms with Crippen LogP contribution in [0, 0.1) is 0 Å². The fraction of sp³-hybridized carbons (Fsp3) is 0.0417. The van der Waals surface area contributed by atoms with Crippen molar-refractivity contribution in [2.45, 2.75) is 4.90 Å². The van der Waals surface area contributed by atoms with Gasteiger partial charge < -0.3 is 13.5 Å². The highest BCUT2D eigenvalue weighted by Crippen LogP contribution is 2.36. The second-order valence-corrected chi connectivity index (χ2v) is 9.28. The summed E-state index contributed by atoms with van der Waals surface area (Å²) in [6, 6.07) is 17.8. The number of fused-ring (bicyclic) bond motifs is 2. The number of nitrogens with zero attached hydrogens (tertiary/aromatic N) is 1. The number of halogens is 1. The molecule has 0 saturated heterocycles. The minimum atomic E-state index is -4.06. The van der Waals surface area contributed by atoms with Crippen LogP contribution in [0.2, 0.25) is 5.02 Å². The summed E-state index contributed by atoms with van der Waals surface area (Å²) in [5.74, 6) is 0.164. The van der Waals surface area contributed by atoms with Crippen molar-refractivity contribution >= 4 is 44.5 Å². The molecule has 3 aromatic carbocycles. The van der Waals surface area contributed by atoms with Gasteiger partial charge in [-0.1, -0.05) is 29.8 Å². The fourth-order valence-corrected chi connectivity index (χ4v) is 4.67. The zero-order chi connectivity index (χ0) is 22.5. The first-order valence-corrected chi connectivity index (χ1v) is 11.4. The minimum Gasteiger partial charge on any atom is -0.452 e. The van der Waals surface area contributed by atoms with Gasteiger partial charge in [0.05, 0.1) is 5.56 Å². The molecule has 1 aliphatic heterocycles. The van der Waals surface area contributed by atoms with Crippen LogP contribution in [-0.2, 0) is 17.2 Å². The molecule has 0 spiro atoms. The zero-order valence-corrected chi connectivity index (χ0v) is 18.4. The first-order chi connectivity index (χ1) is 15.3. The number of hydrogen-bond donors (Lipinski definition) is 0. The number of hydrogen-bond acceptors (Lipinski definition) is 5. The van der Waals surface area contributed by atoms with E-state index >= 15 is 0 Å². The quantitative estimate of drug-likeness (QED) is 0.305. The van der Waals surface area contributed by atoms with Crippen molar-refractivity contribution in [3.63, 3.8) is 0 Å². The lowest BCUT2D eigenvalue weighted by Crippen LogP contribution is -2.09. The summed E-state index contributed by atoms with van der Waals surface area (Å²) in [6.07, 6.45) is 3.61. The van der Waals surface area contributed by atoms with Gasteiger partial charge in [-0.3, -0.25) is 4.79 Å². The van der Waals surface area contributed by atoms with Crippen LogP contribution in [0.1, 0.15) is 15.9 Å². The van der Waals surface area contributed by atoms with Gasteiger partial charge in [-0.2, -0.15) is 8.42 Å².